The second-order valence-corrected chi connectivity index (χ2v) is 6.83. The van der Waals surface area contributed by atoms with Crippen LogP contribution in [-0.2, 0) is 16.0 Å². The Kier molecular flexibility index (Phi) is 6.05. The van der Waals surface area contributed by atoms with Crippen LogP contribution in [0, 0.1) is 30.2 Å². The van der Waals surface area contributed by atoms with Gasteiger partial charge >= 0.3 is 0 Å². The molecule has 0 bridgehead atoms. The maximum Gasteiger partial charge on any atom is 0.243 e. The Balaban J connectivity index is 1.57. The van der Waals surface area contributed by atoms with E-state index in [2.05, 4.69) is 10.6 Å². The molecular weight excluding hydrogens is 390 g/mol. The van der Waals surface area contributed by atoms with Crippen LogP contribution in [0.4, 0.5) is 28.9 Å². The number of fused-ring (bicyclic) bond motifs is 1. The number of amides is 2. The van der Waals surface area contributed by atoms with Gasteiger partial charge in [0.05, 0.1) is 24.5 Å². The average molecular weight is 409 g/mol. The van der Waals surface area contributed by atoms with E-state index in [4.69, 9.17) is 0 Å². The molecule has 5 nitrogen and oxygen atoms in total. The summed E-state index contributed by atoms with van der Waals surface area (Å²) >= 11 is 0. The molecule has 0 spiro atoms. The molecule has 2 amide bonds. The van der Waals surface area contributed by atoms with Crippen molar-refractivity contribution in [2.45, 2.75) is 19.8 Å². The predicted octanol–water partition coefficient (Wildman–Crippen LogP) is 3.06. The van der Waals surface area contributed by atoms with Gasteiger partial charge in [0.2, 0.25) is 11.8 Å². The van der Waals surface area contributed by atoms with Crippen LogP contribution in [0.3, 0.4) is 0 Å². The number of hydrogen-bond acceptors (Lipinski definition) is 3. The number of carbonyl (C=O) groups excluding carboxylic acids is 2. The van der Waals surface area contributed by atoms with Gasteiger partial charge in [-0.3, -0.25) is 9.59 Å². The monoisotopic (exact) mass is 409 g/mol. The Morgan fingerprint density at radius 2 is 1.79 bits per heavy atom. The fourth-order valence-electron chi connectivity index (χ4n) is 3.31. The van der Waals surface area contributed by atoms with Crippen molar-refractivity contribution in [3.05, 3.63) is 58.7 Å². The topological polar surface area (TPSA) is 61.4 Å². The van der Waals surface area contributed by atoms with Gasteiger partial charge in [-0.25, -0.2) is 17.6 Å². The molecule has 0 aliphatic carbocycles. The number of benzene rings is 2. The molecule has 3 rings (SSSR count). The van der Waals surface area contributed by atoms with Gasteiger partial charge in [-0.1, -0.05) is 6.07 Å². The van der Waals surface area contributed by atoms with Gasteiger partial charge in [0, 0.05) is 6.54 Å². The van der Waals surface area contributed by atoms with Crippen molar-refractivity contribution in [2.24, 2.45) is 0 Å². The van der Waals surface area contributed by atoms with E-state index >= 15 is 0 Å². The van der Waals surface area contributed by atoms with Crippen molar-refractivity contribution in [1.82, 2.24) is 5.32 Å². The number of nitrogens with zero attached hydrogens (tertiary/aromatic N) is 1. The van der Waals surface area contributed by atoms with Crippen LogP contribution in [0.15, 0.2) is 24.3 Å². The summed E-state index contributed by atoms with van der Waals surface area (Å²) in [5.41, 5.74) is 1.47. The zero-order valence-electron chi connectivity index (χ0n) is 15.6. The van der Waals surface area contributed by atoms with E-state index in [1.807, 2.05) is 6.07 Å². The largest absolute Gasteiger partial charge is 0.360 e. The second-order valence-electron chi connectivity index (χ2n) is 6.83. The fourth-order valence-corrected chi connectivity index (χ4v) is 3.31. The first-order valence-electron chi connectivity index (χ1n) is 9.00. The van der Waals surface area contributed by atoms with Crippen LogP contribution in [0.2, 0.25) is 0 Å². The lowest BCUT2D eigenvalue weighted by molar-refractivity contribution is -0.123. The minimum absolute atomic E-state index is 0.153. The van der Waals surface area contributed by atoms with Gasteiger partial charge < -0.3 is 15.5 Å². The lowest BCUT2D eigenvalue weighted by Gasteiger charge is -2.31. The minimum Gasteiger partial charge on any atom is -0.360 e. The summed E-state index contributed by atoms with van der Waals surface area (Å²) in [4.78, 5) is 25.7. The summed E-state index contributed by atoms with van der Waals surface area (Å²) < 4.78 is 54.0. The summed E-state index contributed by atoms with van der Waals surface area (Å²) in [7, 11) is 0. The van der Waals surface area contributed by atoms with E-state index in [-0.39, 0.29) is 6.54 Å². The van der Waals surface area contributed by atoms with Crippen molar-refractivity contribution in [2.75, 3.05) is 29.9 Å². The van der Waals surface area contributed by atoms with Gasteiger partial charge in [-0.05, 0) is 49.1 Å². The molecule has 0 fully saturated rings. The Bertz CT molecular complexity index is 965. The number of hydrogen-bond donors (Lipinski definition) is 2. The first kappa shape index (κ1) is 20.6. The van der Waals surface area contributed by atoms with E-state index in [0.717, 1.165) is 23.6 Å². The minimum atomic E-state index is -1.70. The van der Waals surface area contributed by atoms with Gasteiger partial charge in [0.1, 0.15) is 5.82 Å². The van der Waals surface area contributed by atoms with Gasteiger partial charge in [0.25, 0.3) is 0 Å². The third-order valence-corrected chi connectivity index (χ3v) is 4.57. The van der Waals surface area contributed by atoms with Crippen LogP contribution < -0.4 is 15.5 Å². The van der Waals surface area contributed by atoms with Crippen molar-refractivity contribution in [3.63, 3.8) is 0 Å². The molecule has 29 heavy (non-hydrogen) atoms. The molecule has 1 heterocycles. The second kappa shape index (κ2) is 8.50. The summed E-state index contributed by atoms with van der Waals surface area (Å²) in [5.74, 6) is -6.35. The number of anilines is 2. The normalized spacial score (nSPS) is 13.1. The number of halogens is 4. The highest BCUT2D eigenvalue weighted by Gasteiger charge is 2.23. The Labute approximate surface area is 164 Å². The van der Waals surface area contributed by atoms with Crippen molar-refractivity contribution < 1.29 is 27.2 Å². The first-order chi connectivity index (χ1) is 13.8. The lowest BCUT2D eigenvalue weighted by Crippen LogP contribution is -2.42. The van der Waals surface area contributed by atoms with E-state index in [0.29, 0.717) is 24.7 Å². The van der Waals surface area contributed by atoms with Gasteiger partial charge in [-0.2, -0.15) is 0 Å². The summed E-state index contributed by atoms with van der Waals surface area (Å²) in [6, 6.07) is 4.84. The van der Waals surface area contributed by atoms with Gasteiger partial charge in [-0.15, -0.1) is 0 Å². The van der Waals surface area contributed by atoms with Crippen LogP contribution in [-0.4, -0.2) is 31.4 Å². The Morgan fingerprint density at radius 3 is 2.55 bits per heavy atom. The van der Waals surface area contributed by atoms with Crippen LogP contribution >= 0.6 is 0 Å². The highest BCUT2D eigenvalue weighted by Crippen LogP contribution is 2.30. The van der Waals surface area contributed by atoms with Crippen LogP contribution in [0.1, 0.15) is 17.5 Å². The van der Waals surface area contributed by atoms with E-state index in [9.17, 15) is 27.2 Å². The smallest absolute Gasteiger partial charge is 0.243 e. The molecule has 0 saturated carbocycles. The fraction of sp³-hybridized carbons (Fsp3) is 0.300. The number of aryl methyl sites for hydroxylation is 2. The lowest BCUT2D eigenvalue weighted by atomic mass is 9.99. The van der Waals surface area contributed by atoms with E-state index in [1.54, 1.807) is 11.8 Å². The van der Waals surface area contributed by atoms with E-state index < -0.39 is 47.3 Å². The molecule has 9 heteroatoms. The standard InChI is InChI=1S/C20H19F4N3O2/c1-11-7-12-3-2-6-27(20(12)14(22)8-11)10-17(29)25-9-16(28)26-15-5-4-13(21)18(23)19(15)24/h4-5,7-8H,2-3,6,9-10H2,1H3,(H,25,29)(H,26,28). The van der Waals surface area contributed by atoms with Crippen molar-refractivity contribution >= 4 is 23.2 Å². The van der Waals surface area contributed by atoms with Gasteiger partial charge in [0.15, 0.2) is 17.5 Å². The first-order valence-corrected chi connectivity index (χ1v) is 9.00. The molecule has 0 radical (unpaired) electrons. The maximum absolute atomic E-state index is 14.4. The molecule has 154 valence electrons. The number of carbonyl (C=O) groups is 2. The van der Waals surface area contributed by atoms with Crippen molar-refractivity contribution in [3.8, 4) is 0 Å². The molecule has 1 aliphatic rings. The van der Waals surface area contributed by atoms with Crippen LogP contribution in [0.25, 0.3) is 0 Å². The number of rotatable bonds is 5. The van der Waals surface area contributed by atoms with E-state index in [1.165, 1.54) is 6.07 Å². The molecular formula is C20H19F4N3O2. The summed E-state index contributed by atoms with van der Waals surface area (Å²) in [6.45, 7) is 1.63. The molecule has 2 N–H and O–H groups in total. The quantitative estimate of drug-likeness (QED) is 0.590. The molecule has 0 atom stereocenters. The molecule has 0 saturated heterocycles. The van der Waals surface area contributed by atoms with Crippen molar-refractivity contribution in [1.29, 1.82) is 0 Å². The Morgan fingerprint density at radius 1 is 1.03 bits per heavy atom. The summed E-state index contributed by atoms with van der Waals surface area (Å²) in [6.07, 6.45) is 1.48. The predicted molar refractivity (Wildman–Crippen MR) is 99.6 cm³/mol. The summed E-state index contributed by atoms with van der Waals surface area (Å²) in [5, 5.41) is 4.41. The Hall–Kier alpha value is -3.10. The zero-order chi connectivity index (χ0) is 21.1. The average Bonchev–Trinajstić information content (AvgIpc) is 2.66. The highest BCUT2D eigenvalue weighted by molar-refractivity contribution is 5.95. The molecule has 0 aromatic heterocycles. The third-order valence-electron chi connectivity index (χ3n) is 4.57. The maximum atomic E-state index is 14.4. The zero-order valence-corrected chi connectivity index (χ0v) is 15.6. The molecule has 2 aromatic carbocycles. The highest BCUT2D eigenvalue weighted by atomic mass is 19.2. The van der Waals surface area contributed by atoms with Crippen LogP contribution in [0.5, 0.6) is 0 Å². The third kappa shape index (κ3) is 4.67. The SMILES string of the molecule is Cc1cc(F)c2c(c1)CCCN2CC(=O)NCC(=O)Nc1ccc(F)c(F)c1F. The molecule has 1 aliphatic heterocycles. The molecule has 0 unspecified atom stereocenters. The molecule has 2 aromatic rings. The number of nitrogens with one attached hydrogen (secondary N) is 2.